The number of hydrogen-bond donors (Lipinski definition) is 1. The van der Waals surface area contributed by atoms with Gasteiger partial charge in [0.1, 0.15) is 10.8 Å². The smallest absolute Gasteiger partial charge is 0.251 e. The average Bonchev–Trinajstić information content (AvgIpc) is 2.94. The fraction of sp³-hybridized carbons (Fsp3) is 0.214. The molecule has 22 heavy (non-hydrogen) atoms. The van der Waals surface area contributed by atoms with Crippen LogP contribution in [0.1, 0.15) is 26.8 Å². The number of nitrogens with one attached hydrogen (secondary N) is 1. The van der Waals surface area contributed by atoms with Crippen LogP contribution in [0.2, 0.25) is 5.02 Å². The van der Waals surface area contributed by atoms with Gasteiger partial charge in [-0.25, -0.2) is 13.9 Å². The maximum absolute atomic E-state index is 13.1. The fourth-order valence-electron chi connectivity index (χ4n) is 2.09. The number of nitrogens with zero attached hydrogens (tertiary/aromatic N) is 3. The molecule has 0 fully saturated rings. The lowest BCUT2D eigenvalue weighted by molar-refractivity contribution is 0.0950. The Kier molecular flexibility index (Phi) is 3.84. The van der Waals surface area contributed by atoms with Crippen molar-refractivity contribution in [2.45, 2.75) is 20.4 Å². The summed E-state index contributed by atoms with van der Waals surface area (Å²) in [6.45, 7) is 4.05. The molecule has 3 rings (SSSR count). The van der Waals surface area contributed by atoms with Crippen LogP contribution >= 0.6 is 22.9 Å². The topological polar surface area (TPSA) is 59.3 Å². The average molecular weight is 339 g/mol. The lowest BCUT2D eigenvalue weighted by Gasteiger charge is -2.06. The third-order valence-corrected chi connectivity index (χ3v) is 4.31. The van der Waals surface area contributed by atoms with Crippen LogP contribution in [-0.2, 0) is 6.54 Å². The quantitative estimate of drug-likeness (QED) is 0.798. The summed E-state index contributed by atoms with van der Waals surface area (Å²) in [4.78, 5) is 17.3. The zero-order valence-electron chi connectivity index (χ0n) is 11.9. The van der Waals surface area contributed by atoms with Crippen LogP contribution in [0.15, 0.2) is 18.2 Å². The number of benzene rings is 1. The zero-order chi connectivity index (χ0) is 15.9. The molecule has 8 heteroatoms. The number of amides is 1. The van der Waals surface area contributed by atoms with Crippen molar-refractivity contribution in [3.63, 3.8) is 0 Å². The third kappa shape index (κ3) is 2.69. The first-order chi connectivity index (χ1) is 10.5. The normalized spacial score (nSPS) is 11.1. The van der Waals surface area contributed by atoms with E-state index in [1.807, 2.05) is 13.8 Å². The van der Waals surface area contributed by atoms with Crippen LogP contribution in [-0.4, -0.2) is 20.5 Å². The van der Waals surface area contributed by atoms with Gasteiger partial charge in [0.15, 0.2) is 0 Å². The minimum Gasteiger partial charge on any atom is -0.346 e. The summed E-state index contributed by atoms with van der Waals surface area (Å²) in [6, 6.07) is 3.86. The molecule has 0 unspecified atom stereocenters. The molecular weight excluding hydrogens is 327 g/mol. The molecule has 114 valence electrons. The van der Waals surface area contributed by atoms with E-state index in [1.54, 1.807) is 4.52 Å². The number of carbonyl (C=O) groups excluding carboxylic acids is 1. The van der Waals surface area contributed by atoms with Crippen LogP contribution in [0.4, 0.5) is 4.39 Å². The number of hydrogen-bond acceptors (Lipinski definition) is 4. The maximum Gasteiger partial charge on any atom is 0.251 e. The van der Waals surface area contributed by atoms with Gasteiger partial charge in [-0.3, -0.25) is 4.79 Å². The van der Waals surface area contributed by atoms with E-state index in [9.17, 15) is 9.18 Å². The summed E-state index contributed by atoms with van der Waals surface area (Å²) in [6.07, 6.45) is 0. The highest BCUT2D eigenvalue weighted by Crippen LogP contribution is 2.18. The van der Waals surface area contributed by atoms with Gasteiger partial charge in [-0.2, -0.15) is 5.10 Å². The highest BCUT2D eigenvalue weighted by Gasteiger charge is 2.14. The molecule has 0 aliphatic carbocycles. The third-order valence-electron chi connectivity index (χ3n) is 3.20. The van der Waals surface area contributed by atoms with Crippen molar-refractivity contribution in [1.29, 1.82) is 0 Å². The first-order valence-corrected chi connectivity index (χ1v) is 7.70. The van der Waals surface area contributed by atoms with Crippen LogP contribution in [0, 0.1) is 19.7 Å². The van der Waals surface area contributed by atoms with Gasteiger partial charge in [0, 0.05) is 5.56 Å². The number of imidazole rings is 1. The van der Waals surface area contributed by atoms with Gasteiger partial charge in [-0.05, 0) is 32.0 Å². The van der Waals surface area contributed by atoms with Crippen molar-refractivity contribution in [3.8, 4) is 0 Å². The Morgan fingerprint density at radius 2 is 2.23 bits per heavy atom. The molecule has 0 saturated carbocycles. The Morgan fingerprint density at radius 3 is 2.95 bits per heavy atom. The molecule has 0 radical (unpaired) electrons. The van der Waals surface area contributed by atoms with Crippen molar-refractivity contribution < 1.29 is 9.18 Å². The minimum absolute atomic E-state index is 0.0781. The van der Waals surface area contributed by atoms with E-state index in [-0.39, 0.29) is 17.5 Å². The highest BCUT2D eigenvalue weighted by atomic mass is 35.5. The van der Waals surface area contributed by atoms with Crippen LogP contribution in [0.25, 0.3) is 4.96 Å². The molecule has 0 aliphatic heterocycles. The largest absolute Gasteiger partial charge is 0.346 e. The van der Waals surface area contributed by atoms with Gasteiger partial charge in [0.25, 0.3) is 5.91 Å². The summed E-state index contributed by atoms with van der Waals surface area (Å²) < 4.78 is 14.8. The van der Waals surface area contributed by atoms with E-state index in [2.05, 4.69) is 15.4 Å². The second-order valence-corrected chi connectivity index (χ2v) is 6.34. The first kappa shape index (κ1) is 14.9. The van der Waals surface area contributed by atoms with E-state index in [0.29, 0.717) is 5.56 Å². The van der Waals surface area contributed by atoms with Crippen LogP contribution in [0.3, 0.4) is 0 Å². The molecule has 3 aromatic rings. The van der Waals surface area contributed by atoms with E-state index in [0.717, 1.165) is 21.4 Å². The SMILES string of the molecule is Cc1nn2c(CNC(=O)c3ccc(F)c(Cl)c3)c(C)nc2s1. The Morgan fingerprint density at radius 1 is 1.45 bits per heavy atom. The van der Waals surface area contributed by atoms with Crippen molar-refractivity contribution in [2.24, 2.45) is 0 Å². The molecule has 0 aliphatic rings. The van der Waals surface area contributed by atoms with Crippen molar-refractivity contribution in [1.82, 2.24) is 19.9 Å². The summed E-state index contributed by atoms with van der Waals surface area (Å²) >= 11 is 7.18. The van der Waals surface area contributed by atoms with E-state index in [1.165, 1.54) is 29.5 Å². The van der Waals surface area contributed by atoms with Crippen LogP contribution in [0.5, 0.6) is 0 Å². The van der Waals surface area contributed by atoms with Gasteiger partial charge >= 0.3 is 0 Å². The summed E-state index contributed by atoms with van der Waals surface area (Å²) in [5.74, 6) is -0.882. The number of halogens is 2. The molecule has 0 spiro atoms. The molecule has 2 heterocycles. The predicted molar refractivity (Wildman–Crippen MR) is 82.9 cm³/mol. The first-order valence-electron chi connectivity index (χ1n) is 6.50. The van der Waals surface area contributed by atoms with E-state index < -0.39 is 5.82 Å². The van der Waals surface area contributed by atoms with Crippen molar-refractivity contribution in [3.05, 3.63) is 51.0 Å². The van der Waals surface area contributed by atoms with Gasteiger partial charge in [0.05, 0.1) is 23.0 Å². The van der Waals surface area contributed by atoms with Gasteiger partial charge in [-0.1, -0.05) is 22.9 Å². The second kappa shape index (κ2) is 5.66. The fourth-order valence-corrected chi connectivity index (χ4v) is 3.08. The Labute approximate surface area is 134 Å². The summed E-state index contributed by atoms with van der Waals surface area (Å²) in [5.41, 5.74) is 1.94. The van der Waals surface area contributed by atoms with Crippen molar-refractivity contribution >= 4 is 33.8 Å². The molecule has 1 N–H and O–H groups in total. The summed E-state index contributed by atoms with van der Waals surface area (Å²) in [5, 5.41) is 7.96. The molecular formula is C14H12ClFN4OS. The molecule has 1 aromatic carbocycles. The number of aromatic nitrogens is 3. The lowest BCUT2D eigenvalue weighted by atomic mass is 10.2. The monoisotopic (exact) mass is 338 g/mol. The number of aryl methyl sites for hydroxylation is 2. The second-order valence-electron chi connectivity index (χ2n) is 4.77. The van der Waals surface area contributed by atoms with Gasteiger partial charge in [-0.15, -0.1) is 0 Å². The minimum atomic E-state index is -0.551. The van der Waals surface area contributed by atoms with Gasteiger partial charge in [0.2, 0.25) is 4.96 Å². The highest BCUT2D eigenvalue weighted by molar-refractivity contribution is 7.16. The Bertz CT molecular complexity index is 873. The summed E-state index contributed by atoms with van der Waals surface area (Å²) in [7, 11) is 0. The molecule has 0 saturated heterocycles. The van der Waals surface area contributed by atoms with E-state index in [4.69, 9.17) is 11.6 Å². The molecule has 5 nitrogen and oxygen atoms in total. The zero-order valence-corrected chi connectivity index (χ0v) is 13.4. The molecule has 1 amide bonds. The predicted octanol–water partition coefficient (Wildman–Crippen LogP) is 3.13. The maximum atomic E-state index is 13.1. The number of rotatable bonds is 3. The molecule has 0 atom stereocenters. The Balaban J connectivity index is 1.79. The number of carbonyl (C=O) groups is 1. The van der Waals surface area contributed by atoms with Gasteiger partial charge < -0.3 is 5.32 Å². The van der Waals surface area contributed by atoms with Crippen molar-refractivity contribution in [2.75, 3.05) is 0 Å². The lowest BCUT2D eigenvalue weighted by Crippen LogP contribution is -2.24. The number of fused-ring (bicyclic) bond motifs is 1. The molecule has 0 bridgehead atoms. The standard InChI is InChI=1S/C14H12ClFN4OS/c1-7-12(20-14(18-7)22-8(2)19-20)6-17-13(21)9-3-4-11(16)10(15)5-9/h3-5H,6H2,1-2H3,(H,17,21). The molecule has 2 aromatic heterocycles. The van der Waals surface area contributed by atoms with Crippen LogP contribution < -0.4 is 5.32 Å². The Hall–Kier alpha value is -1.99. The van der Waals surface area contributed by atoms with E-state index >= 15 is 0 Å².